The van der Waals surface area contributed by atoms with E-state index in [9.17, 15) is 10.1 Å². The molecule has 0 bridgehead atoms. The molecule has 3 rings (SSSR count). The van der Waals surface area contributed by atoms with Crippen molar-refractivity contribution in [1.82, 2.24) is 9.80 Å². The van der Waals surface area contributed by atoms with Crippen LogP contribution >= 0.6 is 0 Å². The molecule has 0 fully saturated rings. The van der Waals surface area contributed by atoms with Crippen molar-refractivity contribution in [2.45, 2.75) is 97.7 Å². The summed E-state index contributed by atoms with van der Waals surface area (Å²) in [5.74, 6) is 1.42. The molecule has 0 amide bonds. The Morgan fingerprint density at radius 3 is 2.64 bits per heavy atom. The number of hydrogen-bond acceptors (Lipinski definition) is 7. The molecule has 1 heterocycles. The molecular formula is C38H49N5O2. The minimum atomic E-state index is -1.36. The number of esters is 1. The number of carbonyl (C=O) groups is 1. The van der Waals surface area contributed by atoms with Crippen LogP contribution in [0.1, 0.15) is 85.5 Å². The fraction of sp³-hybridized carbons (Fsp3) is 0.421. The first-order chi connectivity index (χ1) is 21.8. The number of benzene rings is 1. The molecule has 238 valence electrons. The Hall–Kier alpha value is -4.44. The predicted octanol–water partition coefficient (Wildman–Crippen LogP) is 9.03. The Labute approximate surface area is 270 Å². The van der Waals surface area contributed by atoms with Crippen molar-refractivity contribution in [3.63, 3.8) is 0 Å². The van der Waals surface area contributed by atoms with Crippen molar-refractivity contribution in [2.75, 3.05) is 0 Å². The third-order valence-corrected chi connectivity index (χ3v) is 8.18. The number of carbonyl (C=O) groups excluding carboxylic acids is 1. The van der Waals surface area contributed by atoms with Crippen LogP contribution in [0.4, 0.5) is 0 Å². The molecule has 1 aliphatic heterocycles. The second-order valence-corrected chi connectivity index (χ2v) is 11.6. The average molecular weight is 608 g/mol. The molecule has 0 N–H and O–H groups in total. The summed E-state index contributed by atoms with van der Waals surface area (Å²) in [6.45, 7) is 15.6. The van der Waals surface area contributed by atoms with Crippen LogP contribution in [0.3, 0.4) is 0 Å². The third kappa shape index (κ3) is 9.28. The summed E-state index contributed by atoms with van der Waals surface area (Å²) in [4.78, 5) is 28.3. The molecule has 7 heteroatoms. The lowest BCUT2D eigenvalue weighted by Gasteiger charge is -2.39. The van der Waals surface area contributed by atoms with E-state index >= 15 is 0 Å². The zero-order valence-corrected chi connectivity index (χ0v) is 27.5. The van der Waals surface area contributed by atoms with E-state index in [0.29, 0.717) is 12.2 Å². The molecule has 1 aromatic rings. The second-order valence-electron chi connectivity index (χ2n) is 11.6. The monoisotopic (exact) mass is 607 g/mol. The normalized spacial score (nSPS) is 20.8. The van der Waals surface area contributed by atoms with Gasteiger partial charge in [-0.05, 0) is 90.3 Å². The predicted molar refractivity (Wildman–Crippen MR) is 185 cm³/mol. The van der Waals surface area contributed by atoms with Crippen LogP contribution < -0.4 is 4.74 Å². The van der Waals surface area contributed by atoms with Crippen LogP contribution in [0.5, 0.6) is 5.75 Å². The first-order valence-corrected chi connectivity index (χ1v) is 16.1. The lowest BCUT2D eigenvalue weighted by molar-refractivity contribution is -0.142. The molecule has 2 aliphatic rings. The molecule has 45 heavy (non-hydrogen) atoms. The minimum Gasteiger partial charge on any atom is -0.425 e. The highest BCUT2D eigenvalue weighted by molar-refractivity contribution is 5.83. The smallest absolute Gasteiger partial charge is 0.331 e. The molecule has 0 spiro atoms. The summed E-state index contributed by atoms with van der Waals surface area (Å²) in [6.07, 6.45) is 23.3. The van der Waals surface area contributed by atoms with E-state index in [2.05, 4.69) is 54.2 Å². The van der Waals surface area contributed by atoms with Crippen molar-refractivity contribution in [3.8, 4) is 11.8 Å². The number of nitriles is 1. The van der Waals surface area contributed by atoms with E-state index in [4.69, 9.17) is 14.7 Å². The summed E-state index contributed by atoms with van der Waals surface area (Å²) >= 11 is 0. The number of para-hydroxylation sites is 1. The lowest BCUT2D eigenvalue weighted by atomic mass is 9.86. The van der Waals surface area contributed by atoms with E-state index in [1.54, 1.807) is 37.3 Å². The van der Waals surface area contributed by atoms with Gasteiger partial charge in [-0.1, -0.05) is 74.6 Å². The molecule has 0 saturated heterocycles. The Balaban J connectivity index is 2.17. The van der Waals surface area contributed by atoms with Crippen molar-refractivity contribution in [3.05, 3.63) is 103 Å². The van der Waals surface area contributed by atoms with E-state index in [1.807, 2.05) is 44.4 Å². The van der Waals surface area contributed by atoms with Gasteiger partial charge < -0.3 is 14.5 Å². The fourth-order valence-corrected chi connectivity index (χ4v) is 5.41. The summed E-state index contributed by atoms with van der Waals surface area (Å²) in [7, 11) is 0. The van der Waals surface area contributed by atoms with Crippen LogP contribution in [0, 0.1) is 16.7 Å². The Kier molecular flexibility index (Phi) is 13.8. The topological polar surface area (TPSA) is 81.3 Å². The maximum Gasteiger partial charge on any atom is 0.331 e. The summed E-state index contributed by atoms with van der Waals surface area (Å²) in [5.41, 5.74) is 0.574. The van der Waals surface area contributed by atoms with Gasteiger partial charge in [0, 0.05) is 17.6 Å². The van der Waals surface area contributed by atoms with Crippen LogP contribution in [-0.2, 0) is 4.79 Å². The van der Waals surface area contributed by atoms with E-state index in [1.165, 1.54) is 0 Å². The average Bonchev–Trinajstić information content (AvgIpc) is 3.18. The summed E-state index contributed by atoms with van der Waals surface area (Å²) in [6, 6.07) is 11.3. The molecule has 1 aromatic carbocycles. The first kappa shape index (κ1) is 35.0. The van der Waals surface area contributed by atoms with Crippen molar-refractivity contribution in [2.24, 2.45) is 15.4 Å². The van der Waals surface area contributed by atoms with Crippen molar-refractivity contribution < 1.29 is 9.53 Å². The molecule has 0 saturated carbocycles. The molecule has 1 aliphatic carbocycles. The maximum absolute atomic E-state index is 13.4. The molecule has 0 aromatic heterocycles. The number of ether oxygens (including phenoxy) is 1. The van der Waals surface area contributed by atoms with Gasteiger partial charge >= 0.3 is 5.97 Å². The number of unbranched alkanes of at least 4 members (excludes halogenated alkanes) is 1. The summed E-state index contributed by atoms with van der Waals surface area (Å²) in [5, 5.41) is 10.3. The van der Waals surface area contributed by atoms with Gasteiger partial charge in [-0.15, -0.1) is 6.58 Å². The van der Waals surface area contributed by atoms with Gasteiger partial charge in [0.25, 0.3) is 0 Å². The van der Waals surface area contributed by atoms with Crippen molar-refractivity contribution in [1.29, 1.82) is 5.26 Å². The molecule has 3 atom stereocenters. The largest absolute Gasteiger partial charge is 0.425 e. The third-order valence-electron chi connectivity index (χ3n) is 8.18. The molecule has 3 unspecified atom stereocenters. The Morgan fingerprint density at radius 2 is 1.98 bits per heavy atom. The maximum atomic E-state index is 13.4. The van der Waals surface area contributed by atoms with Gasteiger partial charge in [0.1, 0.15) is 11.9 Å². The minimum absolute atomic E-state index is 0.0791. The van der Waals surface area contributed by atoms with Gasteiger partial charge in [-0.2, -0.15) is 5.26 Å². The van der Waals surface area contributed by atoms with Gasteiger partial charge in [-0.3, -0.25) is 0 Å². The molecular weight excluding hydrogens is 558 g/mol. The molecule has 0 radical (unpaired) electrons. The lowest BCUT2D eigenvalue weighted by Crippen LogP contribution is -2.45. The van der Waals surface area contributed by atoms with E-state index in [-0.39, 0.29) is 18.6 Å². The zero-order valence-electron chi connectivity index (χ0n) is 27.5. The van der Waals surface area contributed by atoms with Crippen molar-refractivity contribution >= 4 is 17.9 Å². The standard InChI is InChI=1S/C38H49N5O2/c1-7-11-20-28-40-35-36(41-30(5)9-3)43(32-22-16-13-14-17-23-32)34(42(35)31(10-4)21-12-8-2)26-27-38(6,29-39)37(44)45-33-24-18-15-19-25-33/h7-8,10,12,15-16,18-19,21-22,24-25,28,32,34H,1-2,9,11,13-14,17,20,23,26-27H2,3-6H3/b21-12-,31-10+,40-28?,41-30?. The van der Waals surface area contributed by atoms with Crippen LogP contribution in [0.2, 0.25) is 0 Å². The van der Waals surface area contributed by atoms with E-state index in [0.717, 1.165) is 68.0 Å². The Morgan fingerprint density at radius 1 is 1.20 bits per heavy atom. The second kappa shape index (κ2) is 17.8. The highest BCUT2D eigenvalue weighted by Crippen LogP contribution is 2.42. The van der Waals surface area contributed by atoms with Gasteiger partial charge in [0.2, 0.25) is 0 Å². The van der Waals surface area contributed by atoms with E-state index < -0.39 is 11.4 Å². The van der Waals surface area contributed by atoms with Gasteiger partial charge in [-0.25, -0.2) is 14.8 Å². The zero-order chi connectivity index (χ0) is 32.7. The quantitative estimate of drug-likeness (QED) is 0.0496. The SMILES string of the molecule is C=C/C=C\C(=C/C)N1C(N=CCCC=C)=C(N=C(C)CC)N(C2C=CCCCC2)C1CCC(C)(C#N)C(=O)Oc1ccccc1. The Bertz CT molecular complexity index is 1390. The number of hydrogen-bond donors (Lipinski definition) is 0. The number of nitrogens with zero attached hydrogens (tertiary/aromatic N) is 5. The van der Waals surface area contributed by atoms with Gasteiger partial charge in [0.15, 0.2) is 17.1 Å². The first-order valence-electron chi connectivity index (χ1n) is 16.1. The summed E-state index contributed by atoms with van der Waals surface area (Å²) < 4.78 is 5.68. The van der Waals surface area contributed by atoms with Gasteiger partial charge in [0.05, 0.1) is 12.1 Å². The molecule has 7 nitrogen and oxygen atoms in total. The number of allylic oxidation sites excluding steroid dienone is 6. The fourth-order valence-electron chi connectivity index (χ4n) is 5.41. The number of rotatable bonds is 15. The van der Waals surface area contributed by atoms with Crippen LogP contribution in [0.15, 0.2) is 113 Å². The number of aliphatic imine (C=N–C) groups is 2. The highest BCUT2D eigenvalue weighted by atomic mass is 16.5. The van der Waals surface area contributed by atoms with Crippen LogP contribution in [-0.4, -0.2) is 39.9 Å². The highest BCUT2D eigenvalue weighted by Gasteiger charge is 2.45. The van der Waals surface area contributed by atoms with Crippen LogP contribution in [0.25, 0.3) is 0 Å².